The number of benzene rings is 2. The third-order valence-corrected chi connectivity index (χ3v) is 4.73. The lowest BCUT2D eigenvalue weighted by Gasteiger charge is -2.21. The highest BCUT2D eigenvalue weighted by molar-refractivity contribution is 5.98. The largest absolute Gasteiger partial charge is 0.497 e. The van der Waals surface area contributed by atoms with Gasteiger partial charge in [-0.2, -0.15) is 0 Å². The number of hydrogen-bond acceptors (Lipinski definition) is 3. The fraction of sp³-hybridized carbons (Fsp3) is 0.273. The highest BCUT2D eigenvalue weighted by Gasteiger charge is 2.16. The predicted octanol–water partition coefficient (Wildman–Crippen LogP) is 3.66. The van der Waals surface area contributed by atoms with Crippen molar-refractivity contribution in [3.8, 4) is 5.75 Å². The molecule has 2 aromatic carbocycles. The molecule has 0 unspecified atom stereocenters. The summed E-state index contributed by atoms with van der Waals surface area (Å²) in [6.45, 7) is 6.27. The van der Waals surface area contributed by atoms with Crippen LogP contribution >= 0.6 is 0 Å². The minimum Gasteiger partial charge on any atom is -0.497 e. The van der Waals surface area contributed by atoms with Gasteiger partial charge in [0.05, 0.1) is 24.7 Å². The number of methoxy groups -OCH3 is 1. The van der Waals surface area contributed by atoms with Crippen molar-refractivity contribution in [1.29, 1.82) is 0 Å². The molecule has 3 rings (SSSR count). The van der Waals surface area contributed by atoms with Crippen molar-refractivity contribution in [2.24, 2.45) is 0 Å². The van der Waals surface area contributed by atoms with E-state index in [9.17, 15) is 4.79 Å². The van der Waals surface area contributed by atoms with Crippen LogP contribution in [0.3, 0.4) is 0 Å². The van der Waals surface area contributed by atoms with Gasteiger partial charge in [-0.25, -0.2) is 4.98 Å². The number of rotatable bonds is 5. The number of nitrogens with one attached hydrogen (secondary N) is 2. The average molecular weight is 364 g/mol. The second kappa shape index (κ2) is 7.66. The Hall–Kier alpha value is -3.08. The highest BCUT2D eigenvalue weighted by Crippen LogP contribution is 2.28. The van der Waals surface area contributed by atoms with E-state index in [4.69, 9.17) is 4.74 Å². The number of aryl methyl sites for hydroxylation is 3. The molecule has 140 valence electrons. The number of ether oxygens (including phenoxy) is 1. The zero-order valence-electron chi connectivity index (χ0n) is 16.5. The molecule has 0 spiro atoms. The van der Waals surface area contributed by atoms with E-state index in [0.717, 1.165) is 44.8 Å². The van der Waals surface area contributed by atoms with E-state index >= 15 is 0 Å². The topological polar surface area (TPSA) is 55.7 Å². The van der Waals surface area contributed by atoms with Crippen LogP contribution in [0, 0.1) is 20.8 Å². The standard InChI is InChI=1S/C22H25N3O2/c1-14-7-6-8-15(2)22(14)24-21(26)13-25(4)20-11-16(3)23-19-10-9-17(27-5)12-18(19)20/h6-12H,13H2,1-5H3,(H,24,26)/p+1. The van der Waals surface area contributed by atoms with Crippen LogP contribution in [-0.2, 0) is 4.79 Å². The second-order valence-corrected chi connectivity index (χ2v) is 6.92. The van der Waals surface area contributed by atoms with Gasteiger partial charge >= 0.3 is 0 Å². The summed E-state index contributed by atoms with van der Waals surface area (Å²) in [5, 5.41) is 4.07. The number of likely N-dealkylation sites (N-methyl/N-ethyl adjacent to an activating group) is 1. The number of H-pyrrole nitrogens is 1. The Morgan fingerprint density at radius 3 is 2.48 bits per heavy atom. The summed E-state index contributed by atoms with van der Waals surface area (Å²) in [4.78, 5) is 18.0. The number of para-hydroxylation sites is 1. The Labute approximate surface area is 160 Å². The summed E-state index contributed by atoms with van der Waals surface area (Å²) in [6, 6.07) is 14.0. The number of aromatic nitrogens is 1. The molecule has 0 aliphatic rings. The van der Waals surface area contributed by atoms with Crippen molar-refractivity contribution in [2.75, 3.05) is 30.9 Å². The lowest BCUT2D eigenvalue weighted by molar-refractivity contribution is -0.354. The van der Waals surface area contributed by atoms with Crippen LogP contribution in [-0.4, -0.2) is 26.6 Å². The Balaban J connectivity index is 1.87. The van der Waals surface area contributed by atoms with Gasteiger partial charge in [0.25, 0.3) is 0 Å². The van der Waals surface area contributed by atoms with E-state index in [-0.39, 0.29) is 12.5 Å². The van der Waals surface area contributed by atoms with E-state index in [2.05, 4.69) is 10.3 Å². The summed E-state index contributed by atoms with van der Waals surface area (Å²) in [5.41, 5.74) is 6.03. The van der Waals surface area contributed by atoms with Gasteiger partial charge in [0.15, 0.2) is 5.69 Å². The van der Waals surface area contributed by atoms with Crippen LogP contribution < -0.4 is 19.9 Å². The van der Waals surface area contributed by atoms with Gasteiger partial charge in [-0.05, 0) is 37.1 Å². The minimum absolute atomic E-state index is 0.0450. The predicted molar refractivity (Wildman–Crippen MR) is 110 cm³/mol. The van der Waals surface area contributed by atoms with Gasteiger partial charge < -0.3 is 15.0 Å². The lowest BCUT2D eigenvalue weighted by Crippen LogP contribution is -2.31. The van der Waals surface area contributed by atoms with E-state index in [1.807, 2.05) is 75.2 Å². The van der Waals surface area contributed by atoms with Crippen LogP contribution in [0.15, 0.2) is 42.5 Å². The number of amides is 1. The first-order valence-corrected chi connectivity index (χ1v) is 8.97. The zero-order chi connectivity index (χ0) is 19.6. The van der Waals surface area contributed by atoms with Crippen molar-refractivity contribution < 1.29 is 14.5 Å². The normalized spacial score (nSPS) is 10.7. The number of carbonyl (C=O) groups is 1. The first kappa shape index (κ1) is 18.7. The number of nitrogens with zero attached hydrogens (tertiary/aromatic N) is 1. The van der Waals surface area contributed by atoms with E-state index in [1.54, 1.807) is 7.11 Å². The second-order valence-electron chi connectivity index (χ2n) is 6.92. The third kappa shape index (κ3) is 4.03. The quantitative estimate of drug-likeness (QED) is 0.752. The van der Waals surface area contributed by atoms with Crippen LogP contribution in [0.1, 0.15) is 16.8 Å². The molecule has 1 amide bonds. The maximum absolute atomic E-state index is 12.7. The summed E-state index contributed by atoms with van der Waals surface area (Å²) in [7, 11) is 3.58. The van der Waals surface area contributed by atoms with E-state index in [1.165, 1.54) is 0 Å². The number of aromatic amines is 1. The van der Waals surface area contributed by atoms with Gasteiger partial charge in [-0.15, -0.1) is 0 Å². The van der Waals surface area contributed by atoms with Gasteiger partial charge in [0, 0.05) is 31.8 Å². The fourth-order valence-corrected chi connectivity index (χ4v) is 3.31. The Kier molecular flexibility index (Phi) is 5.31. The molecule has 1 heterocycles. The van der Waals surface area contributed by atoms with Crippen LogP contribution in [0.5, 0.6) is 5.75 Å². The van der Waals surface area contributed by atoms with Crippen molar-refractivity contribution >= 4 is 28.2 Å². The first-order chi connectivity index (χ1) is 12.9. The highest BCUT2D eigenvalue weighted by atomic mass is 16.5. The summed E-state index contributed by atoms with van der Waals surface area (Å²) in [5.74, 6) is 0.742. The smallest absolute Gasteiger partial charge is 0.243 e. The number of carbonyl (C=O) groups excluding carboxylic acids is 1. The van der Waals surface area contributed by atoms with Crippen molar-refractivity contribution in [3.63, 3.8) is 0 Å². The van der Waals surface area contributed by atoms with Gasteiger partial charge in [0.1, 0.15) is 5.75 Å². The van der Waals surface area contributed by atoms with Gasteiger partial charge in [0.2, 0.25) is 11.4 Å². The number of hydrogen-bond donors (Lipinski definition) is 1. The molecule has 5 heteroatoms. The molecule has 0 saturated carbocycles. The average Bonchev–Trinajstić information content (AvgIpc) is 2.63. The molecule has 27 heavy (non-hydrogen) atoms. The molecule has 0 bridgehead atoms. The molecule has 5 nitrogen and oxygen atoms in total. The molecule has 0 atom stereocenters. The molecular formula is C22H26N3O2+. The molecular weight excluding hydrogens is 338 g/mol. The molecule has 0 radical (unpaired) electrons. The molecule has 0 aliphatic heterocycles. The van der Waals surface area contributed by atoms with Gasteiger partial charge in [-0.1, -0.05) is 18.2 Å². The summed E-state index contributed by atoms with van der Waals surface area (Å²) in [6.07, 6.45) is 0. The van der Waals surface area contributed by atoms with Gasteiger partial charge in [-0.3, -0.25) is 4.79 Å². The zero-order valence-corrected chi connectivity index (χ0v) is 16.5. The van der Waals surface area contributed by atoms with Crippen molar-refractivity contribution in [3.05, 3.63) is 59.3 Å². The Morgan fingerprint density at radius 2 is 1.81 bits per heavy atom. The number of pyridine rings is 1. The minimum atomic E-state index is -0.0450. The Morgan fingerprint density at radius 1 is 1.11 bits per heavy atom. The summed E-state index contributed by atoms with van der Waals surface area (Å²) < 4.78 is 5.36. The molecule has 0 fully saturated rings. The molecule has 0 saturated heterocycles. The van der Waals surface area contributed by atoms with E-state index < -0.39 is 0 Å². The van der Waals surface area contributed by atoms with E-state index in [0.29, 0.717) is 0 Å². The SMILES string of the molecule is COc1ccc2[nH+]c(C)cc(N(C)CC(=O)Nc3c(C)cccc3C)c2c1. The fourth-order valence-electron chi connectivity index (χ4n) is 3.31. The lowest BCUT2D eigenvalue weighted by atomic mass is 10.1. The van der Waals surface area contributed by atoms with Crippen molar-refractivity contribution in [2.45, 2.75) is 20.8 Å². The van der Waals surface area contributed by atoms with Crippen LogP contribution in [0.2, 0.25) is 0 Å². The monoisotopic (exact) mass is 364 g/mol. The maximum atomic E-state index is 12.7. The third-order valence-electron chi connectivity index (χ3n) is 4.73. The molecule has 0 aliphatic carbocycles. The first-order valence-electron chi connectivity index (χ1n) is 8.97. The van der Waals surface area contributed by atoms with Crippen LogP contribution in [0.4, 0.5) is 11.4 Å². The van der Waals surface area contributed by atoms with Crippen LogP contribution in [0.25, 0.3) is 10.9 Å². The molecule has 1 aromatic heterocycles. The number of fused-ring (bicyclic) bond motifs is 1. The Bertz CT molecular complexity index is 978. The summed E-state index contributed by atoms with van der Waals surface area (Å²) >= 11 is 0. The van der Waals surface area contributed by atoms with Crippen molar-refractivity contribution in [1.82, 2.24) is 0 Å². The molecule has 2 N–H and O–H groups in total. The molecule has 3 aromatic rings. The maximum Gasteiger partial charge on any atom is 0.243 e. The number of anilines is 2.